The zero-order valence-corrected chi connectivity index (χ0v) is 13.1. The zero-order chi connectivity index (χ0) is 15.6. The van der Waals surface area contributed by atoms with Gasteiger partial charge in [-0.3, -0.25) is 4.79 Å². The highest BCUT2D eigenvalue weighted by Gasteiger charge is 2.11. The molecule has 0 spiro atoms. The van der Waals surface area contributed by atoms with E-state index in [0.717, 1.165) is 11.8 Å². The summed E-state index contributed by atoms with van der Waals surface area (Å²) in [7, 11) is -3.27. The number of hydrogen-bond donors (Lipinski definition) is 1. The first-order chi connectivity index (χ1) is 9.77. The molecule has 0 atom stereocenters. The van der Waals surface area contributed by atoms with Crippen LogP contribution >= 0.6 is 11.6 Å². The van der Waals surface area contributed by atoms with E-state index in [1.54, 1.807) is 12.1 Å². The van der Waals surface area contributed by atoms with Gasteiger partial charge in [-0.1, -0.05) is 17.7 Å². The molecule has 6 heteroatoms. The molecule has 0 bridgehead atoms. The molecule has 0 saturated carbocycles. The summed E-state index contributed by atoms with van der Waals surface area (Å²) < 4.78 is 22.7. The van der Waals surface area contributed by atoms with E-state index < -0.39 is 9.84 Å². The number of aryl methyl sites for hydroxylation is 1. The third-order valence-electron chi connectivity index (χ3n) is 2.92. The number of halogens is 1. The topological polar surface area (TPSA) is 63.2 Å². The van der Waals surface area contributed by atoms with Crippen LogP contribution in [0.2, 0.25) is 5.02 Å². The van der Waals surface area contributed by atoms with Crippen LogP contribution in [0.25, 0.3) is 0 Å². The van der Waals surface area contributed by atoms with E-state index in [9.17, 15) is 13.2 Å². The Kier molecular flexibility index (Phi) is 4.34. The predicted molar refractivity (Wildman–Crippen MR) is 83.7 cm³/mol. The van der Waals surface area contributed by atoms with Gasteiger partial charge < -0.3 is 5.32 Å². The third kappa shape index (κ3) is 3.83. The lowest BCUT2D eigenvalue weighted by molar-refractivity contribution is 0.102. The number of sulfone groups is 1. The lowest BCUT2D eigenvalue weighted by Gasteiger charge is -2.08. The van der Waals surface area contributed by atoms with Crippen molar-refractivity contribution in [1.29, 1.82) is 0 Å². The lowest BCUT2D eigenvalue weighted by Crippen LogP contribution is -2.12. The Morgan fingerprint density at radius 1 is 1.10 bits per heavy atom. The van der Waals surface area contributed by atoms with Gasteiger partial charge in [0.15, 0.2) is 9.84 Å². The molecule has 1 amide bonds. The number of hydrogen-bond acceptors (Lipinski definition) is 3. The van der Waals surface area contributed by atoms with Gasteiger partial charge in [-0.15, -0.1) is 0 Å². The van der Waals surface area contributed by atoms with Gasteiger partial charge in [-0.25, -0.2) is 8.42 Å². The molecule has 21 heavy (non-hydrogen) atoms. The van der Waals surface area contributed by atoms with Crippen LogP contribution < -0.4 is 5.32 Å². The Labute approximate surface area is 128 Å². The summed E-state index contributed by atoms with van der Waals surface area (Å²) in [5.74, 6) is -0.346. The molecule has 0 aromatic heterocycles. The molecule has 110 valence electrons. The van der Waals surface area contributed by atoms with Crippen LogP contribution in [-0.2, 0) is 9.84 Å². The first-order valence-electron chi connectivity index (χ1n) is 6.15. The van der Waals surface area contributed by atoms with Crippen molar-refractivity contribution in [3.8, 4) is 0 Å². The van der Waals surface area contributed by atoms with Crippen LogP contribution in [0.3, 0.4) is 0 Å². The van der Waals surface area contributed by atoms with E-state index >= 15 is 0 Å². The molecule has 4 nitrogen and oxygen atoms in total. The molecule has 2 aromatic rings. The number of benzene rings is 2. The van der Waals surface area contributed by atoms with E-state index in [4.69, 9.17) is 11.6 Å². The Balaban J connectivity index is 2.21. The van der Waals surface area contributed by atoms with Crippen LogP contribution in [0.5, 0.6) is 0 Å². The van der Waals surface area contributed by atoms with Crippen LogP contribution in [0, 0.1) is 6.92 Å². The Hall–Kier alpha value is -1.85. The summed E-state index contributed by atoms with van der Waals surface area (Å²) in [6.07, 6.45) is 1.12. The summed E-state index contributed by atoms with van der Waals surface area (Å²) in [4.78, 5) is 12.3. The minimum atomic E-state index is -3.27. The number of carbonyl (C=O) groups is 1. The van der Waals surface area contributed by atoms with Gasteiger partial charge in [0, 0.05) is 11.8 Å². The molecular weight excluding hydrogens is 310 g/mol. The highest BCUT2D eigenvalue weighted by molar-refractivity contribution is 7.90. The summed E-state index contributed by atoms with van der Waals surface area (Å²) in [5.41, 5.74) is 1.87. The van der Waals surface area contributed by atoms with Crippen LogP contribution in [0.4, 0.5) is 5.69 Å². The van der Waals surface area contributed by atoms with Crippen molar-refractivity contribution in [3.63, 3.8) is 0 Å². The van der Waals surface area contributed by atoms with E-state index in [-0.39, 0.29) is 10.8 Å². The van der Waals surface area contributed by atoms with Crippen molar-refractivity contribution < 1.29 is 13.2 Å². The first kappa shape index (κ1) is 15.5. The molecule has 1 N–H and O–H groups in total. The quantitative estimate of drug-likeness (QED) is 0.942. The van der Waals surface area contributed by atoms with Gasteiger partial charge in [0.2, 0.25) is 0 Å². The summed E-state index contributed by atoms with van der Waals surface area (Å²) in [6, 6.07) is 11.1. The molecule has 0 aliphatic heterocycles. The minimum Gasteiger partial charge on any atom is -0.321 e. The minimum absolute atomic E-state index is 0.174. The van der Waals surface area contributed by atoms with Gasteiger partial charge in [-0.05, 0) is 48.9 Å². The average molecular weight is 324 g/mol. The molecule has 0 saturated heterocycles. The smallest absolute Gasteiger partial charge is 0.255 e. The fraction of sp³-hybridized carbons (Fsp3) is 0.133. The van der Waals surface area contributed by atoms with Crippen LogP contribution in [-0.4, -0.2) is 20.6 Å². The van der Waals surface area contributed by atoms with E-state index in [0.29, 0.717) is 16.3 Å². The van der Waals surface area contributed by atoms with Gasteiger partial charge in [0.05, 0.1) is 15.6 Å². The summed E-state index contributed by atoms with van der Waals surface area (Å²) in [6.45, 7) is 1.90. The number of amides is 1. The molecule has 0 radical (unpaired) electrons. The Bertz CT molecular complexity index is 783. The number of carbonyl (C=O) groups excluding carboxylic acids is 1. The second-order valence-electron chi connectivity index (χ2n) is 4.73. The monoisotopic (exact) mass is 323 g/mol. The number of anilines is 1. The fourth-order valence-electron chi connectivity index (χ4n) is 1.77. The summed E-state index contributed by atoms with van der Waals surface area (Å²) in [5, 5.41) is 3.15. The Morgan fingerprint density at radius 2 is 1.71 bits per heavy atom. The van der Waals surface area contributed by atoms with E-state index in [1.807, 2.05) is 13.0 Å². The van der Waals surface area contributed by atoms with Gasteiger partial charge in [0.25, 0.3) is 5.91 Å². The molecule has 0 heterocycles. The van der Waals surface area contributed by atoms with E-state index in [2.05, 4.69) is 5.32 Å². The lowest BCUT2D eigenvalue weighted by atomic mass is 10.2. The highest BCUT2D eigenvalue weighted by Crippen LogP contribution is 2.23. The SMILES string of the molecule is Cc1ccc(NC(=O)c2ccc(S(C)(=O)=O)cc2)c(Cl)c1. The maximum atomic E-state index is 12.1. The average Bonchev–Trinajstić information content (AvgIpc) is 2.41. The van der Waals surface area contributed by atoms with Crippen molar-refractivity contribution in [2.45, 2.75) is 11.8 Å². The molecule has 2 rings (SSSR count). The van der Waals surface area contributed by atoms with Gasteiger partial charge in [-0.2, -0.15) is 0 Å². The molecule has 0 aliphatic rings. The third-order valence-corrected chi connectivity index (χ3v) is 4.36. The standard InChI is InChI=1S/C15H14ClNO3S/c1-10-3-8-14(13(16)9-10)17-15(18)11-4-6-12(7-5-11)21(2,19)20/h3-9H,1-2H3,(H,17,18). The van der Waals surface area contributed by atoms with Crippen molar-refractivity contribution in [3.05, 3.63) is 58.6 Å². The summed E-state index contributed by atoms with van der Waals surface area (Å²) >= 11 is 6.05. The maximum Gasteiger partial charge on any atom is 0.255 e. The van der Waals surface area contributed by atoms with Crippen molar-refractivity contribution in [2.24, 2.45) is 0 Å². The number of rotatable bonds is 3. The van der Waals surface area contributed by atoms with Crippen LogP contribution in [0.1, 0.15) is 15.9 Å². The van der Waals surface area contributed by atoms with Gasteiger partial charge >= 0.3 is 0 Å². The Morgan fingerprint density at radius 3 is 2.24 bits per heavy atom. The van der Waals surface area contributed by atoms with Crippen molar-refractivity contribution in [2.75, 3.05) is 11.6 Å². The first-order valence-corrected chi connectivity index (χ1v) is 8.42. The van der Waals surface area contributed by atoms with Crippen LogP contribution in [0.15, 0.2) is 47.4 Å². The molecular formula is C15H14ClNO3S. The van der Waals surface area contributed by atoms with Crippen molar-refractivity contribution >= 4 is 33.0 Å². The molecule has 0 unspecified atom stereocenters. The predicted octanol–water partition coefficient (Wildman–Crippen LogP) is 3.30. The van der Waals surface area contributed by atoms with Gasteiger partial charge in [0.1, 0.15) is 0 Å². The van der Waals surface area contributed by atoms with E-state index in [1.165, 1.54) is 24.3 Å². The largest absolute Gasteiger partial charge is 0.321 e. The molecule has 2 aromatic carbocycles. The zero-order valence-electron chi connectivity index (χ0n) is 11.6. The highest BCUT2D eigenvalue weighted by atomic mass is 35.5. The normalized spacial score (nSPS) is 11.2. The second kappa shape index (κ2) is 5.87. The number of nitrogens with one attached hydrogen (secondary N) is 1. The van der Waals surface area contributed by atoms with Crippen molar-refractivity contribution in [1.82, 2.24) is 0 Å². The fourth-order valence-corrected chi connectivity index (χ4v) is 2.68. The molecule has 0 aliphatic carbocycles. The maximum absolute atomic E-state index is 12.1. The second-order valence-corrected chi connectivity index (χ2v) is 7.16. The molecule has 0 fully saturated rings.